The summed E-state index contributed by atoms with van der Waals surface area (Å²) in [4.78, 5) is 41.7. The number of fused-ring (bicyclic) bond motifs is 3. The molecular formula is C23H28N2O4S. The van der Waals surface area contributed by atoms with Crippen LogP contribution >= 0.6 is 11.3 Å². The van der Waals surface area contributed by atoms with Crippen molar-refractivity contribution >= 4 is 34.1 Å². The molecule has 3 aliphatic carbocycles. The highest BCUT2D eigenvalue weighted by atomic mass is 32.1. The summed E-state index contributed by atoms with van der Waals surface area (Å²) in [6, 6.07) is 0. The Hall–Kier alpha value is -2.15. The number of aliphatic carboxylic acids is 1. The second-order valence-electron chi connectivity index (χ2n) is 9.10. The fourth-order valence-corrected chi connectivity index (χ4v) is 7.13. The largest absolute Gasteiger partial charge is 0.481 e. The zero-order chi connectivity index (χ0) is 20.8. The Morgan fingerprint density at radius 3 is 2.40 bits per heavy atom. The van der Waals surface area contributed by atoms with Crippen LogP contribution in [0.4, 0.5) is 5.00 Å². The molecule has 2 heterocycles. The van der Waals surface area contributed by atoms with Crippen LogP contribution in [0.25, 0.3) is 0 Å². The number of hydrogen-bond donors (Lipinski definition) is 2. The van der Waals surface area contributed by atoms with Crippen LogP contribution in [0.1, 0.15) is 59.3 Å². The van der Waals surface area contributed by atoms with E-state index < -0.39 is 17.8 Å². The lowest BCUT2D eigenvalue weighted by Crippen LogP contribution is -2.38. The minimum Gasteiger partial charge on any atom is -0.481 e. The quantitative estimate of drug-likeness (QED) is 0.716. The van der Waals surface area contributed by atoms with Gasteiger partial charge < -0.3 is 15.3 Å². The molecule has 0 aromatic carbocycles. The summed E-state index contributed by atoms with van der Waals surface area (Å²) >= 11 is 1.53. The number of amides is 2. The van der Waals surface area contributed by atoms with Gasteiger partial charge in [-0.2, -0.15) is 0 Å². The van der Waals surface area contributed by atoms with Crippen LogP contribution in [0.3, 0.4) is 0 Å². The number of nitrogens with one attached hydrogen (secondary N) is 1. The van der Waals surface area contributed by atoms with Gasteiger partial charge in [-0.1, -0.05) is 12.2 Å². The van der Waals surface area contributed by atoms with E-state index in [4.69, 9.17) is 0 Å². The Balaban J connectivity index is 1.45. The first-order valence-electron chi connectivity index (χ1n) is 11.2. The van der Waals surface area contributed by atoms with Gasteiger partial charge in [0.2, 0.25) is 5.91 Å². The van der Waals surface area contributed by atoms with Crippen molar-refractivity contribution in [3.63, 3.8) is 0 Å². The van der Waals surface area contributed by atoms with Crippen molar-refractivity contribution in [2.45, 2.75) is 51.4 Å². The van der Waals surface area contributed by atoms with Gasteiger partial charge in [0.05, 0.1) is 17.4 Å². The van der Waals surface area contributed by atoms with Gasteiger partial charge in [-0.15, -0.1) is 11.3 Å². The van der Waals surface area contributed by atoms with Gasteiger partial charge in [0.1, 0.15) is 5.00 Å². The highest BCUT2D eigenvalue weighted by molar-refractivity contribution is 7.17. The number of carbonyl (C=O) groups excluding carboxylic acids is 2. The van der Waals surface area contributed by atoms with Gasteiger partial charge in [-0.3, -0.25) is 14.4 Å². The third-order valence-corrected chi connectivity index (χ3v) is 8.52. The number of piperidine rings is 1. The van der Waals surface area contributed by atoms with E-state index in [1.165, 1.54) is 16.2 Å². The molecule has 1 saturated heterocycles. The summed E-state index contributed by atoms with van der Waals surface area (Å²) < 4.78 is 0. The smallest absolute Gasteiger partial charge is 0.307 e. The SMILES string of the molecule is O=C(O)C1C2C=CC(C2)C1C(=O)Nc1sc2c(c1C(=O)N1CCCCC1)CCCC2. The Kier molecular flexibility index (Phi) is 5.17. The molecule has 4 aliphatic rings. The molecule has 0 spiro atoms. The van der Waals surface area contributed by atoms with Crippen LogP contribution < -0.4 is 5.32 Å². The number of rotatable bonds is 4. The lowest BCUT2D eigenvalue weighted by atomic mass is 9.82. The third-order valence-electron chi connectivity index (χ3n) is 7.31. The maximum absolute atomic E-state index is 13.4. The molecule has 1 aromatic heterocycles. The van der Waals surface area contributed by atoms with Gasteiger partial charge >= 0.3 is 5.97 Å². The van der Waals surface area contributed by atoms with Gasteiger partial charge in [0.15, 0.2) is 0 Å². The lowest BCUT2D eigenvalue weighted by Gasteiger charge is -2.28. The monoisotopic (exact) mass is 428 g/mol. The van der Waals surface area contributed by atoms with E-state index in [9.17, 15) is 19.5 Å². The zero-order valence-electron chi connectivity index (χ0n) is 17.1. The molecule has 1 aliphatic heterocycles. The van der Waals surface area contributed by atoms with Gasteiger partial charge in [0.25, 0.3) is 5.91 Å². The maximum Gasteiger partial charge on any atom is 0.307 e. The number of allylic oxidation sites excluding steroid dienone is 2. The number of thiophene rings is 1. The first-order valence-corrected chi connectivity index (χ1v) is 12.0. The van der Waals surface area contributed by atoms with Crippen LogP contribution in [0.15, 0.2) is 12.2 Å². The van der Waals surface area contributed by atoms with Gasteiger partial charge in [-0.05, 0) is 68.8 Å². The summed E-state index contributed by atoms with van der Waals surface area (Å²) in [5.41, 5.74) is 1.79. The molecule has 6 nitrogen and oxygen atoms in total. The molecule has 0 radical (unpaired) electrons. The second-order valence-corrected chi connectivity index (χ2v) is 10.2. The minimum absolute atomic E-state index is 0.0214. The fraction of sp³-hybridized carbons (Fsp3) is 0.609. The summed E-state index contributed by atoms with van der Waals surface area (Å²) in [6.07, 6.45) is 11.9. The van der Waals surface area contributed by atoms with Crippen LogP contribution in [0, 0.1) is 23.7 Å². The predicted octanol–water partition coefficient (Wildman–Crippen LogP) is 3.71. The van der Waals surface area contributed by atoms with E-state index in [0.717, 1.165) is 70.0 Å². The van der Waals surface area contributed by atoms with Gasteiger partial charge in [0, 0.05) is 18.0 Å². The van der Waals surface area contributed by atoms with Crippen LogP contribution in [0.2, 0.25) is 0 Å². The average Bonchev–Trinajstić information content (AvgIpc) is 3.46. The van der Waals surface area contributed by atoms with Gasteiger partial charge in [-0.25, -0.2) is 0 Å². The summed E-state index contributed by atoms with van der Waals surface area (Å²) in [7, 11) is 0. The Morgan fingerprint density at radius 2 is 1.67 bits per heavy atom. The van der Waals surface area contributed by atoms with Crippen molar-refractivity contribution in [2.75, 3.05) is 18.4 Å². The molecule has 1 aromatic rings. The summed E-state index contributed by atoms with van der Waals surface area (Å²) in [5, 5.41) is 13.4. The topological polar surface area (TPSA) is 86.7 Å². The molecule has 5 rings (SSSR count). The zero-order valence-corrected chi connectivity index (χ0v) is 17.9. The first-order chi connectivity index (χ1) is 14.5. The van der Waals surface area contributed by atoms with Crippen molar-refractivity contribution in [3.8, 4) is 0 Å². The van der Waals surface area contributed by atoms with E-state index in [1.54, 1.807) is 0 Å². The molecule has 160 valence electrons. The number of carboxylic acid groups (broad SMARTS) is 1. The highest BCUT2D eigenvalue weighted by Crippen LogP contribution is 2.49. The van der Waals surface area contributed by atoms with E-state index >= 15 is 0 Å². The number of carbonyl (C=O) groups is 3. The lowest BCUT2D eigenvalue weighted by molar-refractivity contribution is -0.146. The van der Waals surface area contributed by atoms with E-state index in [0.29, 0.717) is 10.6 Å². The molecular weight excluding hydrogens is 400 g/mol. The van der Waals surface area contributed by atoms with E-state index in [2.05, 4.69) is 5.32 Å². The Labute approximate surface area is 180 Å². The highest BCUT2D eigenvalue weighted by Gasteiger charge is 2.51. The Bertz CT molecular complexity index is 915. The van der Waals surface area contributed by atoms with Crippen LogP contribution in [-0.2, 0) is 22.4 Å². The minimum atomic E-state index is -0.901. The molecule has 2 amide bonds. The molecule has 30 heavy (non-hydrogen) atoms. The Morgan fingerprint density at radius 1 is 0.967 bits per heavy atom. The number of nitrogens with zero attached hydrogens (tertiary/aromatic N) is 1. The maximum atomic E-state index is 13.4. The van der Waals surface area contributed by atoms with Crippen molar-refractivity contribution in [2.24, 2.45) is 23.7 Å². The molecule has 2 N–H and O–H groups in total. The number of carboxylic acids is 1. The second kappa shape index (κ2) is 7.84. The standard InChI is InChI=1S/C23H28N2O4S/c26-20(17-13-8-9-14(12-13)18(17)23(28)29)24-21-19(15-6-2-3-7-16(15)30-21)22(27)25-10-4-1-5-11-25/h8-9,13-14,17-18H,1-7,10-12H2,(H,24,26)(H,28,29). The summed E-state index contributed by atoms with van der Waals surface area (Å²) in [6.45, 7) is 1.55. The first kappa shape index (κ1) is 19.8. The predicted molar refractivity (Wildman–Crippen MR) is 115 cm³/mol. The molecule has 4 atom stereocenters. The number of hydrogen-bond acceptors (Lipinski definition) is 4. The van der Waals surface area contributed by atoms with Crippen molar-refractivity contribution in [1.82, 2.24) is 4.90 Å². The fourth-order valence-electron chi connectivity index (χ4n) is 5.85. The van der Waals surface area contributed by atoms with Crippen molar-refractivity contribution in [1.29, 1.82) is 0 Å². The molecule has 1 saturated carbocycles. The molecule has 2 bridgehead atoms. The van der Waals surface area contributed by atoms with Crippen LogP contribution in [-0.4, -0.2) is 40.9 Å². The summed E-state index contributed by atoms with van der Waals surface area (Å²) in [5.74, 6) is -2.42. The van der Waals surface area contributed by atoms with Crippen molar-refractivity contribution < 1.29 is 19.5 Å². The molecule has 4 unspecified atom stereocenters. The van der Waals surface area contributed by atoms with Crippen molar-refractivity contribution in [3.05, 3.63) is 28.2 Å². The number of aryl methyl sites for hydroxylation is 1. The molecule has 2 fully saturated rings. The van der Waals surface area contributed by atoms with E-state index in [-0.39, 0.29) is 23.7 Å². The number of likely N-dealkylation sites (tertiary alicyclic amines) is 1. The third kappa shape index (κ3) is 3.27. The number of anilines is 1. The van der Waals surface area contributed by atoms with E-state index in [1.807, 2.05) is 17.1 Å². The normalized spacial score (nSPS) is 29.7. The average molecular weight is 429 g/mol. The van der Waals surface area contributed by atoms with Crippen LogP contribution in [0.5, 0.6) is 0 Å². The molecule has 7 heteroatoms.